The van der Waals surface area contributed by atoms with E-state index in [0.717, 1.165) is 56.9 Å². The Morgan fingerprint density at radius 3 is 2.77 bits per heavy atom. The number of carbonyl (C=O) groups excluding carboxylic acids is 1. The van der Waals surface area contributed by atoms with Crippen molar-refractivity contribution >= 4 is 5.78 Å². The molecule has 0 unspecified atom stereocenters. The van der Waals surface area contributed by atoms with Crippen molar-refractivity contribution in [2.45, 2.75) is 103 Å². The average molecular weight is 421 g/mol. The number of aromatic hydroxyl groups is 1. The highest BCUT2D eigenvalue weighted by Gasteiger charge is 2.27. The van der Waals surface area contributed by atoms with Crippen LogP contribution in [0.1, 0.15) is 89.5 Å². The van der Waals surface area contributed by atoms with Gasteiger partial charge in [-0.2, -0.15) is 0 Å². The van der Waals surface area contributed by atoms with Crippen LogP contribution in [0.2, 0.25) is 0 Å². The summed E-state index contributed by atoms with van der Waals surface area (Å²) in [5.74, 6) is 1.10. The van der Waals surface area contributed by atoms with Crippen LogP contribution in [0.3, 0.4) is 0 Å². The molecule has 1 fully saturated rings. The SMILES string of the molecule is CCCCC[C@@H](O)CC(=O)CCc1ccc(O)c(O[C@@H]2CCCC[C@@H]2CCCO)c1. The van der Waals surface area contributed by atoms with Crippen molar-refractivity contribution in [3.05, 3.63) is 23.8 Å². The van der Waals surface area contributed by atoms with E-state index in [1.165, 1.54) is 6.42 Å². The minimum Gasteiger partial charge on any atom is -0.504 e. The molecule has 0 aliphatic heterocycles. The molecule has 1 aliphatic rings. The third kappa shape index (κ3) is 8.65. The van der Waals surface area contributed by atoms with Crippen LogP contribution in [-0.2, 0) is 11.2 Å². The van der Waals surface area contributed by atoms with Gasteiger partial charge in [0.05, 0.1) is 6.10 Å². The van der Waals surface area contributed by atoms with Crippen LogP contribution in [0, 0.1) is 5.92 Å². The number of phenols is 1. The molecule has 1 saturated carbocycles. The van der Waals surface area contributed by atoms with E-state index < -0.39 is 6.10 Å². The van der Waals surface area contributed by atoms with Crippen molar-refractivity contribution in [3.8, 4) is 11.5 Å². The van der Waals surface area contributed by atoms with E-state index in [2.05, 4.69) is 6.92 Å². The summed E-state index contributed by atoms with van der Waals surface area (Å²) in [7, 11) is 0. The maximum Gasteiger partial charge on any atom is 0.161 e. The minimum atomic E-state index is -0.537. The van der Waals surface area contributed by atoms with Crippen molar-refractivity contribution in [1.29, 1.82) is 0 Å². The molecule has 0 saturated heterocycles. The second-order valence-electron chi connectivity index (χ2n) is 8.76. The fourth-order valence-electron chi connectivity index (χ4n) is 4.36. The predicted molar refractivity (Wildman–Crippen MR) is 119 cm³/mol. The summed E-state index contributed by atoms with van der Waals surface area (Å²) >= 11 is 0. The van der Waals surface area contributed by atoms with E-state index in [-0.39, 0.29) is 30.7 Å². The van der Waals surface area contributed by atoms with E-state index in [9.17, 15) is 15.0 Å². The van der Waals surface area contributed by atoms with Crippen molar-refractivity contribution < 1.29 is 24.9 Å². The Labute approximate surface area is 181 Å². The first kappa shape index (κ1) is 24.7. The van der Waals surface area contributed by atoms with Crippen molar-refractivity contribution in [3.63, 3.8) is 0 Å². The fourth-order valence-corrected chi connectivity index (χ4v) is 4.36. The largest absolute Gasteiger partial charge is 0.504 e. The molecule has 0 aromatic heterocycles. The van der Waals surface area contributed by atoms with Crippen LogP contribution < -0.4 is 4.74 Å². The molecule has 0 amide bonds. The maximum atomic E-state index is 12.2. The molecule has 1 aromatic rings. The van der Waals surface area contributed by atoms with Gasteiger partial charge in [-0.1, -0.05) is 38.7 Å². The third-order valence-electron chi connectivity index (χ3n) is 6.17. The van der Waals surface area contributed by atoms with Gasteiger partial charge in [0.15, 0.2) is 11.5 Å². The molecule has 0 spiro atoms. The minimum absolute atomic E-state index is 0.0614. The van der Waals surface area contributed by atoms with Crippen molar-refractivity contribution in [2.75, 3.05) is 6.61 Å². The van der Waals surface area contributed by atoms with E-state index in [1.54, 1.807) is 6.07 Å². The van der Waals surface area contributed by atoms with Crippen LogP contribution in [-0.4, -0.2) is 39.9 Å². The first-order chi connectivity index (χ1) is 14.5. The highest BCUT2D eigenvalue weighted by molar-refractivity contribution is 5.79. The van der Waals surface area contributed by atoms with Gasteiger partial charge in [0.2, 0.25) is 0 Å². The number of phenolic OH excluding ortho intramolecular Hbond substituents is 1. The first-order valence-electron chi connectivity index (χ1n) is 11.8. The molecule has 1 aromatic carbocycles. The summed E-state index contributed by atoms with van der Waals surface area (Å²) < 4.78 is 6.21. The van der Waals surface area contributed by atoms with Gasteiger partial charge in [-0.15, -0.1) is 0 Å². The Morgan fingerprint density at radius 1 is 1.20 bits per heavy atom. The van der Waals surface area contributed by atoms with Crippen LogP contribution in [0.4, 0.5) is 0 Å². The molecular weight excluding hydrogens is 380 g/mol. The molecule has 3 atom stereocenters. The summed E-state index contributed by atoms with van der Waals surface area (Å²) in [6.07, 6.45) is 10.7. The Balaban J connectivity index is 1.87. The number of rotatable bonds is 14. The summed E-state index contributed by atoms with van der Waals surface area (Å²) in [5, 5.41) is 29.4. The summed E-state index contributed by atoms with van der Waals surface area (Å²) in [6, 6.07) is 5.32. The molecule has 2 rings (SSSR count). The summed E-state index contributed by atoms with van der Waals surface area (Å²) in [5.41, 5.74) is 0.958. The molecule has 0 heterocycles. The number of aliphatic hydroxyl groups is 2. The second kappa shape index (κ2) is 13.7. The molecule has 3 N–H and O–H groups in total. The Kier molecular flexibility index (Phi) is 11.2. The zero-order valence-electron chi connectivity index (χ0n) is 18.5. The van der Waals surface area contributed by atoms with Crippen LogP contribution in [0.25, 0.3) is 0 Å². The van der Waals surface area contributed by atoms with E-state index >= 15 is 0 Å². The molecule has 30 heavy (non-hydrogen) atoms. The number of carbonyl (C=O) groups is 1. The van der Waals surface area contributed by atoms with Gasteiger partial charge in [0, 0.05) is 19.4 Å². The van der Waals surface area contributed by atoms with Gasteiger partial charge in [0.1, 0.15) is 11.9 Å². The zero-order chi connectivity index (χ0) is 21.8. The quantitative estimate of drug-likeness (QED) is 0.371. The zero-order valence-corrected chi connectivity index (χ0v) is 18.5. The molecule has 1 aliphatic carbocycles. The van der Waals surface area contributed by atoms with E-state index in [4.69, 9.17) is 9.84 Å². The number of ether oxygens (including phenoxy) is 1. The monoisotopic (exact) mass is 420 g/mol. The number of aryl methyl sites for hydroxylation is 1. The van der Waals surface area contributed by atoms with Gasteiger partial charge in [0.25, 0.3) is 0 Å². The van der Waals surface area contributed by atoms with Crippen molar-refractivity contribution in [2.24, 2.45) is 5.92 Å². The number of ketones is 1. The molecule has 170 valence electrons. The molecule has 5 nitrogen and oxygen atoms in total. The smallest absolute Gasteiger partial charge is 0.161 e. The van der Waals surface area contributed by atoms with E-state index in [0.29, 0.717) is 30.9 Å². The summed E-state index contributed by atoms with van der Waals surface area (Å²) in [6.45, 7) is 2.32. The second-order valence-corrected chi connectivity index (χ2v) is 8.76. The lowest BCUT2D eigenvalue weighted by atomic mass is 9.83. The first-order valence-corrected chi connectivity index (χ1v) is 11.8. The van der Waals surface area contributed by atoms with E-state index in [1.807, 2.05) is 12.1 Å². The number of hydrogen-bond donors (Lipinski definition) is 3. The molecule has 5 heteroatoms. The number of benzene rings is 1. The standard InChI is InChI=1S/C25H40O5/c1-2-3-4-10-21(27)18-22(28)14-12-19-13-15-23(29)25(17-19)30-24-11-6-5-8-20(24)9-7-16-26/h13,15,17,20-21,24,26-27,29H,2-12,14,16,18H2,1H3/t20-,21-,24-/m1/s1. The predicted octanol–water partition coefficient (Wildman–Crippen LogP) is 4.94. The fraction of sp³-hybridized carbons (Fsp3) is 0.720. The highest BCUT2D eigenvalue weighted by atomic mass is 16.5. The van der Waals surface area contributed by atoms with Gasteiger partial charge in [-0.05, 0) is 68.6 Å². The topological polar surface area (TPSA) is 87.0 Å². The Hall–Kier alpha value is -1.59. The van der Waals surface area contributed by atoms with Gasteiger partial charge < -0.3 is 20.1 Å². The Bertz CT molecular complexity index is 630. The number of unbranched alkanes of at least 4 members (excludes halogenated alkanes) is 2. The van der Waals surface area contributed by atoms with Gasteiger partial charge >= 0.3 is 0 Å². The van der Waals surface area contributed by atoms with Crippen LogP contribution >= 0.6 is 0 Å². The summed E-state index contributed by atoms with van der Waals surface area (Å²) in [4.78, 5) is 12.2. The average Bonchev–Trinajstić information content (AvgIpc) is 2.74. The lowest BCUT2D eigenvalue weighted by molar-refractivity contribution is -0.121. The van der Waals surface area contributed by atoms with Gasteiger partial charge in [-0.3, -0.25) is 4.79 Å². The molecule has 0 radical (unpaired) electrons. The van der Waals surface area contributed by atoms with Crippen molar-refractivity contribution in [1.82, 2.24) is 0 Å². The number of Topliss-reactive ketones (excluding diaryl/α,β-unsaturated/α-hetero) is 1. The van der Waals surface area contributed by atoms with Gasteiger partial charge in [-0.25, -0.2) is 0 Å². The third-order valence-corrected chi connectivity index (χ3v) is 6.17. The lowest BCUT2D eigenvalue weighted by Gasteiger charge is -2.32. The number of aliphatic hydroxyl groups excluding tert-OH is 2. The normalized spacial score (nSPS) is 20.1. The molecule has 0 bridgehead atoms. The lowest BCUT2D eigenvalue weighted by Crippen LogP contribution is -2.30. The molecular formula is C25H40O5. The maximum absolute atomic E-state index is 12.2. The van der Waals surface area contributed by atoms with Crippen LogP contribution in [0.15, 0.2) is 18.2 Å². The number of hydrogen-bond acceptors (Lipinski definition) is 5. The Morgan fingerprint density at radius 2 is 2.00 bits per heavy atom. The highest BCUT2D eigenvalue weighted by Crippen LogP contribution is 2.35. The van der Waals surface area contributed by atoms with Crippen LogP contribution in [0.5, 0.6) is 11.5 Å².